The van der Waals surface area contributed by atoms with Crippen LogP contribution in [0.1, 0.15) is 26.7 Å². The summed E-state index contributed by atoms with van der Waals surface area (Å²) in [6.45, 7) is 3.32. The number of esters is 2. The Kier molecular flexibility index (Phi) is 9.76. The highest BCUT2D eigenvalue weighted by molar-refractivity contribution is 9.10. The molecule has 0 saturated carbocycles. The molecule has 0 aromatic heterocycles. The summed E-state index contributed by atoms with van der Waals surface area (Å²) in [5.41, 5.74) is 0. The van der Waals surface area contributed by atoms with E-state index in [9.17, 15) is 9.59 Å². The number of alkyl halides is 2. The van der Waals surface area contributed by atoms with Crippen LogP contribution in [0.5, 0.6) is 0 Å². The molecular formula is C10H16Br2O5. The molecule has 17 heavy (non-hydrogen) atoms. The van der Waals surface area contributed by atoms with Crippen LogP contribution in [-0.2, 0) is 23.8 Å². The summed E-state index contributed by atoms with van der Waals surface area (Å²) >= 11 is 6.60. The molecule has 7 heteroatoms. The van der Waals surface area contributed by atoms with Crippen molar-refractivity contribution in [3.63, 3.8) is 0 Å². The molecule has 5 nitrogen and oxygen atoms in total. The number of hydrogen-bond acceptors (Lipinski definition) is 5. The molecule has 0 aromatic rings. The van der Waals surface area contributed by atoms with E-state index in [0.717, 1.165) is 0 Å². The highest BCUT2D eigenvalue weighted by Gasteiger charge is 2.12. The van der Waals surface area contributed by atoms with Gasteiger partial charge in [-0.1, -0.05) is 31.9 Å². The van der Waals surface area contributed by atoms with E-state index in [4.69, 9.17) is 14.2 Å². The Hall–Kier alpha value is -0.140. The SMILES string of the molecule is CC(=O)OCCC(Br)OC(Br)CCOC(C)=O. The van der Waals surface area contributed by atoms with Gasteiger partial charge >= 0.3 is 11.9 Å². The molecule has 0 aliphatic heterocycles. The van der Waals surface area contributed by atoms with Crippen molar-refractivity contribution in [2.75, 3.05) is 13.2 Å². The van der Waals surface area contributed by atoms with Crippen molar-refractivity contribution in [2.45, 2.75) is 36.7 Å². The predicted octanol–water partition coefficient (Wildman–Crippen LogP) is 2.35. The Morgan fingerprint density at radius 3 is 1.59 bits per heavy atom. The molecule has 0 saturated heterocycles. The summed E-state index contributed by atoms with van der Waals surface area (Å²) in [6, 6.07) is 0. The van der Waals surface area contributed by atoms with Crippen LogP contribution in [0.2, 0.25) is 0 Å². The summed E-state index contributed by atoms with van der Waals surface area (Å²) < 4.78 is 15.0. The van der Waals surface area contributed by atoms with Gasteiger partial charge in [-0.25, -0.2) is 0 Å². The first-order chi connectivity index (χ1) is 7.91. The minimum atomic E-state index is -0.310. The highest BCUT2D eigenvalue weighted by Crippen LogP contribution is 2.16. The van der Waals surface area contributed by atoms with Crippen LogP contribution in [0.3, 0.4) is 0 Å². The van der Waals surface area contributed by atoms with Crippen LogP contribution in [-0.4, -0.2) is 35.2 Å². The minimum Gasteiger partial charge on any atom is -0.466 e. The van der Waals surface area contributed by atoms with Gasteiger partial charge in [0.1, 0.15) is 10.0 Å². The van der Waals surface area contributed by atoms with Crippen LogP contribution in [0.4, 0.5) is 0 Å². The average Bonchev–Trinajstić information content (AvgIpc) is 2.15. The van der Waals surface area contributed by atoms with Crippen LogP contribution in [0.15, 0.2) is 0 Å². The summed E-state index contributed by atoms with van der Waals surface area (Å²) in [7, 11) is 0. The Balaban J connectivity index is 3.54. The molecule has 0 N–H and O–H groups in total. The second-order valence-electron chi connectivity index (χ2n) is 3.21. The van der Waals surface area contributed by atoms with E-state index in [-0.39, 0.29) is 22.0 Å². The zero-order valence-electron chi connectivity index (χ0n) is 9.78. The quantitative estimate of drug-likeness (QED) is 0.481. The summed E-state index contributed by atoms with van der Waals surface area (Å²) in [5, 5.41) is -0.438. The van der Waals surface area contributed by atoms with Crippen molar-refractivity contribution >= 4 is 43.8 Å². The lowest BCUT2D eigenvalue weighted by Crippen LogP contribution is -2.17. The summed E-state index contributed by atoms with van der Waals surface area (Å²) in [4.78, 5) is 21.0. The maximum Gasteiger partial charge on any atom is 0.302 e. The van der Waals surface area contributed by atoms with E-state index in [1.165, 1.54) is 13.8 Å². The lowest BCUT2D eigenvalue weighted by atomic mass is 10.4. The summed E-state index contributed by atoms with van der Waals surface area (Å²) in [6.07, 6.45) is 1.10. The second kappa shape index (κ2) is 9.85. The number of halogens is 2. The molecule has 0 rings (SSSR count). The van der Waals surface area contributed by atoms with Crippen molar-refractivity contribution in [1.29, 1.82) is 0 Å². The third-order valence-corrected chi connectivity index (χ3v) is 2.94. The van der Waals surface area contributed by atoms with Crippen LogP contribution < -0.4 is 0 Å². The third kappa shape index (κ3) is 12.1. The Bertz CT molecular complexity index is 223. The first kappa shape index (κ1) is 16.9. The van der Waals surface area contributed by atoms with Crippen LogP contribution >= 0.6 is 31.9 Å². The van der Waals surface area contributed by atoms with Gasteiger partial charge in [0.05, 0.1) is 13.2 Å². The first-order valence-corrected chi connectivity index (χ1v) is 6.95. The lowest BCUT2D eigenvalue weighted by molar-refractivity contribution is -0.141. The number of rotatable bonds is 8. The largest absolute Gasteiger partial charge is 0.466 e. The van der Waals surface area contributed by atoms with Crippen molar-refractivity contribution < 1.29 is 23.8 Å². The Labute approximate surface area is 117 Å². The molecule has 0 fully saturated rings. The predicted molar refractivity (Wildman–Crippen MR) is 69.0 cm³/mol. The molecule has 0 spiro atoms. The molecule has 2 atom stereocenters. The molecule has 2 unspecified atom stereocenters. The van der Waals surface area contributed by atoms with Crippen LogP contribution in [0.25, 0.3) is 0 Å². The van der Waals surface area contributed by atoms with Gasteiger partial charge in [0.25, 0.3) is 0 Å². The van der Waals surface area contributed by atoms with Gasteiger partial charge in [0.15, 0.2) is 0 Å². The smallest absolute Gasteiger partial charge is 0.302 e. The normalized spacial score (nSPS) is 13.9. The van der Waals surface area contributed by atoms with E-state index >= 15 is 0 Å². The maximum atomic E-state index is 10.5. The number of carbonyl (C=O) groups excluding carboxylic acids is 2. The number of ether oxygens (including phenoxy) is 3. The Morgan fingerprint density at radius 2 is 1.29 bits per heavy atom. The molecule has 0 amide bonds. The zero-order chi connectivity index (χ0) is 13.3. The van der Waals surface area contributed by atoms with Crippen LogP contribution in [0, 0.1) is 0 Å². The van der Waals surface area contributed by atoms with E-state index in [1.807, 2.05) is 0 Å². The fraction of sp³-hybridized carbons (Fsp3) is 0.800. The van der Waals surface area contributed by atoms with E-state index in [0.29, 0.717) is 26.1 Å². The van der Waals surface area contributed by atoms with Crippen molar-refractivity contribution in [2.24, 2.45) is 0 Å². The third-order valence-electron chi connectivity index (χ3n) is 1.60. The molecule has 0 heterocycles. The standard InChI is InChI=1S/C10H16Br2O5/c1-7(13)15-5-3-9(11)17-10(12)4-6-16-8(2)14/h9-10H,3-6H2,1-2H3. The summed E-state index contributed by atoms with van der Waals surface area (Å²) in [5.74, 6) is -0.620. The van der Waals surface area contributed by atoms with Crippen molar-refractivity contribution in [3.8, 4) is 0 Å². The van der Waals surface area contributed by atoms with Gasteiger partial charge in [0, 0.05) is 26.7 Å². The van der Waals surface area contributed by atoms with Gasteiger partial charge in [-0.05, 0) is 0 Å². The van der Waals surface area contributed by atoms with Gasteiger partial charge in [-0.3, -0.25) is 9.59 Å². The van der Waals surface area contributed by atoms with Gasteiger partial charge < -0.3 is 14.2 Å². The molecule has 0 aliphatic carbocycles. The molecule has 0 aromatic carbocycles. The molecule has 0 aliphatic rings. The van der Waals surface area contributed by atoms with Gasteiger partial charge in [-0.2, -0.15) is 0 Å². The zero-order valence-corrected chi connectivity index (χ0v) is 13.0. The van der Waals surface area contributed by atoms with Gasteiger partial charge in [0.2, 0.25) is 0 Å². The van der Waals surface area contributed by atoms with E-state index in [2.05, 4.69) is 31.9 Å². The topological polar surface area (TPSA) is 61.8 Å². The fourth-order valence-corrected chi connectivity index (χ4v) is 2.07. The molecular weight excluding hydrogens is 360 g/mol. The van der Waals surface area contributed by atoms with Gasteiger partial charge in [-0.15, -0.1) is 0 Å². The lowest BCUT2D eigenvalue weighted by Gasteiger charge is -2.16. The fourth-order valence-electron chi connectivity index (χ4n) is 0.887. The molecule has 100 valence electrons. The monoisotopic (exact) mass is 374 g/mol. The van der Waals surface area contributed by atoms with Crippen molar-refractivity contribution in [3.05, 3.63) is 0 Å². The van der Waals surface area contributed by atoms with E-state index < -0.39 is 0 Å². The molecule has 0 radical (unpaired) electrons. The highest BCUT2D eigenvalue weighted by atomic mass is 79.9. The minimum absolute atomic E-state index is 0.219. The number of carbonyl (C=O) groups is 2. The van der Waals surface area contributed by atoms with Crippen molar-refractivity contribution in [1.82, 2.24) is 0 Å². The van der Waals surface area contributed by atoms with E-state index in [1.54, 1.807) is 0 Å². The average molecular weight is 376 g/mol. The molecule has 0 bridgehead atoms. The second-order valence-corrected chi connectivity index (χ2v) is 5.26. The maximum absolute atomic E-state index is 10.5. The first-order valence-electron chi connectivity index (χ1n) is 5.12. The Morgan fingerprint density at radius 1 is 0.941 bits per heavy atom. The number of hydrogen-bond donors (Lipinski definition) is 0.